The van der Waals surface area contributed by atoms with Crippen LogP contribution in [0.15, 0.2) is 54.1 Å². The molecule has 2 aromatic rings. The minimum Gasteiger partial charge on any atom is -0.507 e. The zero-order valence-corrected chi connectivity index (χ0v) is 17.3. The number of hydrogen-bond donors (Lipinski definition) is 1. The number of aliphatic hydroxyl groups excluding tert-OH is 1. The Hall–Kier alpha value is -3.19. The lowest BCUT2D eigenvalue weighted by molar-refractivity contribution is -0.139. The van der Waals surface area contributed by atoms with Gasteiger partial charge in [-0.1, -0.05) is 24.3 Å². The first-order valence-corrected chi connectivity index (χ1v) is 9.66. The molecule has 2 aromatic carbocycles. The van der Waals surface area contributed by atoms with E-state index in [4.69, 9.17) is 4.74 Å². The van der Waals surface area contributed by atoms with Gasteiger partial charge >= 0.3 is 0 Å². The molecule has 1 heterocycles. The van der Waals surface area contributed by atoms with Crippen LogP contribution in [-0.2, 0) is 9.59 Å². The lowest BCUT2D eigenvalue weighted by Gasteiger charge is -2.26. The second-order valence-electron chi connectivity index (χ2n) is 7.44. The fraction of sp³-hybridized carbons (Fsp3) is 0.304. The number of ether oxygens (including phenoxy) is 1. The molecule has 1 fully saturated rings. The molecule has 1 N–H and O–H groups in total. The van der Waals surface area contributed by atoms with Gasteiger partial charge in [0, 0.05) is 12.1 Å². The molecular formula is C23H25FN2O4. The molecule has 30 heavy (non-hydrogen) atoms. The van der Waals surface area contributed by atoms with Gasteiger partial charge in [0.25, 0.3) is 11.7 Å². The third kappa shape index (κ3) is 4.36. The molecule has 1 aliphatic rings. The summed E-state index contributed by atoms with van der Waals surface area (Å²) in [4.78, 5) is 29.1. The highest BCUT2D eigenvalue weighted by molar-refractivity contribution is 6.46. The lowest BCUT2D eigenvalue weighted by atomic mass is 9.95. The number of methoxy groups -OCH3 is 1. The number of amides is 1. The van der Waals surface area contributed by atoms with Crippen LogP contribution in [0.25, 0.3) is 5.76 Å². The minimum absolute atomic E-state index is 0.0521. The predicted octanol–water partition coefficient (Wildman–Crippen LogP) is 3.21. The van der Waals surface area contributed by atoms with Crippen LogP contribution < -0.4 is 4.74 Å². The van der Waals surface area contributed by atoms with Gasteiger partial charge in [-0.15, -0.1) is 0 Å². The standard InChI is InChI=1S/C23H25FN2O4/c1-25(2)11-6-12-26-20(15-7-4-9-17(24)13-15)19(22(28)23(26)29)21(27)16-8-5-10-18(14-16)30-3/h4-5,7-10,13-14,20,27H,6,11-12H2,1-3H3/b21-19-. The van der Waals surface area contributed by atoms with E-state index in [9.17, 15) is 19.1 Å². The molecule has 158 valence electrons. The number of halogens is 1. The quantitative estimate of drug-likeness (QED) is 0.430. The van der Waals surface area contributed by atoms with Crippen molar-refractivity contribution < 1.29 is 23.8 Å². The van der Waals surface area contributed by atoms with Crippen LogP contribution in [0.4, 0.5) is 4.39 Å². The highest BCUT2D eigenvalue weighted by Crippen LogP contribution is 2.39. The van der Waals surface area contributed by atoms with Crippen molar-refractivity contribution in [3.8, 4) is 5.75 Å². The van der Waals surface area contributed by atoms with Crippen LogP contribution >= 0.6 is 0 Å². The summed E-state index contributed by atoms with van der Waals surface area (Å²) in [5.74, 6) is -1.77. The maximum atomic E-state index is 14.0. The highest BCUT2D eigenvalue weighted by atomic mass is 19.1. The number of nitrogens with zero attached hydrogens (tertiary/aromatic N) is 2. The van der Waals surface area contributed by atoms with Gasteiger partial charge in [-0.3, -0.25) is 9.59 Å². The van der Waals surface area contributed by atoms with Gasteiger partial charge in [0.2, 0.25) is 0 Å². The number of aliphatic hydroxyl groups is 1. The van der Waals surface area contributed by atoms with E-state index in [-0.39, 0.29) is 11.3 Å². The number of ketones is 1. The van der Waals surface area contributed by atoms with Crippen molar-refractivity contribution in [3.05, 3.63) is 71.0 Å². The van der Waals surface area contributed by atoms with Crippen molar-refractivity contribution in [2.75, 3.05) is 34.3 Å². The number of hydrogen-bond acceptors (Lipinski definition) is 5. The predicted molar refractivity (Wildman–Crippen MR) is 112 cm³/mol. The van der Waals surface area contributed by atoms with E-state index in [0.29, 0.717) is 29.8 Å². The van der Waals surface area contributed by atoms with Gasteiger partial charge in [0.05, 0.1) is 18.7 Å². The molecule has 1 aliphatic heterocycles. The second kappa shape index (κ2) is 9.09. The summed E-state index contributed by atoms with van der Waals surface area (Å²) in [5.41, 5.74) is 0.731. The smallest absolute Gasteiger partial charge is 0.295 e. The molecule has 0 radical (unpaired) electrons. The first-order chi connectivity index (χ1) is 14.3. The van der Waals surface area contributed by atoms with Gasteiger partial charge in [0.15, 0.2) is 0 Å². The first kappa shape index (κ1) is 21.5. The van der Waals surface area contributed by atoms with Gasteiger partial charge in [-0.05, 0) is 56.9 Å². The van der Waals surface area contributed by atoms with E-state index in [1.807, 2.05) is 19.0 Å². The molecule has 0 aliphatic carbocycles. The Labute approximate surface area is 175 Å². The number of likely N-dealkylation sites (tertiary alicyclic amines) is 1. The lowest BCUT2D eigenvalue weighted by Crippen LogP contribution is -2.32. The van der Waals surface area contributed by atoms with E-state index in [1.165, 1.54) is 30.2 Å². The van der Waals surface area contributed by atoms with Crippen LogP contribution in [0.1, 0.15) is 23.6 Å². The SMILES string of the molecule is COc1cccc(/C(O)=C2/C(=O)C(=O)N(CCCN(C)C)C2c2cccc(F)c2)c1. The van der Waals surface area contributed by atoms with Gasteiger partial charge in [-0.2, -0.15) is 0 Å². The summed E-state index contributed by atoms with van der Waals surface area (Å²) in [6, 6.07) is 11.5. The largest absolute Gasteiger partial charge is 0.507 e. The zero-order valence-electron chi connectivity index (χ0n) is 17.3. The molecule has 7 heteroatoms. The summed E-state index contributed by atoms with van der Waals surface area (Å²) in [6.45, 7) is 1.02. The molecule has 1 unspecified atom stereocenters. The van der Waals surface area contributed by atoms with Crippen molar-refractivity contribution in [3.63, 3.8) is 0 Å². The van der Waals surface area contributed by atoms with E-state index in [0.717, 1.165) is 6.54 Å². The third-order valence-electron chi connectivity index (χ3n) is 5.05. The summed E-state index contributed by atoms with van der Waals surface area (Å²) in [5, 5.41) is 11.0. The Kier molecular flexibility index (Phi) is 6.52. The van der Waals surface area contributed by atoms with Crippen LogP contribution in [0.3, 0.4) is 0 Å². The molecule has 1 atom stereocenters. The summed E-state index contributed by atoms with van der Waals surface area (Å²) < 4.78 is 19.1. The topological polar surface area (TPSA) is 70.1 Å². The Bertz CT molecular complexity index is 987. The number of carbonyl (C=O) groups excluding carboxylic acids is 2. The molecule has 0 bridgehead atoms. The van der Waals surface area contributed by atoms with Crippen molar-refractivity contribution in [2.24, 2.45) is 0 Å². The maximum Gasteiger partial charge on any atom is 0.295 e. The highest BCUT2D eigenvalue weighted by Gasteiger charge is 2.45. The number of rotatable bonds is 7. The Morgan fingerprint density at radius 2 is 1.90 bits per heavy atom. The average Bonchev–Trinajstić information content (AvgIpc) is 2.98. The van der Waals surface area contributed by atoms with E-state index in [1.54, 1.807) is 30.3 Å². The van der Waals surface area contributed by atoms with Crippen molar-refractivity contribution in [2.45, 2.75) is 12.5 Å². The Morgan fingerprint density at radius 1 is 1.17 bits per heavy atom. The zero-order chi connectivity index (χ0) is 21.8. The Balaban J connectivity index is 2.11. The number of carbonyl (C=O) groups is 2. The molecule has 1 amide bonds. The molecule has 0 saturated carbocycles. The van der Waals surface area contributed by atoms with Crippen molar-refractivity contribution in [1.29, 1.82) is 0 Å². The average molecular weight is 412 g/mol. The van der Waals surface area contributed by atoms with Crippen LogP contribution in [0.5, 0.6) is 5.75 Å². The van der Waals surface area contributed by atoms with Crippen molar-refractivity contribution >= 4 is 17.4 Å². The van der Waals surface area contributed by atoms with Crippen LogP contribution in [-0.4, -0.2) is 60.9 Å². The summed E-state index contributed by atoms with van der Waals surface area (Å²) >= 11 is 0. The van der Waals surface area contributed by atoms with Crippen LogP contribution in [0.2, 0.25) is 0 Å². The van der Waals surface area contributed by atoms with E-state index < -0.39 is 23.5 Å². The maximum absolute atomic E-state index is 14.0. The minimum atomic E-state index is -0.867. The third-order valence-corrected chi connectivity index (χ3v) is 5.05. The van der Waals surface area contributed by atoms with Gasteiger partial charge in [-0.25, -0.2) is 4.39 Å². The molecule has 0 spiro atoms. The number of Topliss-reactive ketones (excluding diaryl/α,β-unsaturated/α-hetero) is 1. The summed E-state index contributed by atoms with van der Waals surface area (Å²) in [7, 11) is 5.33. The fourth-order valence-electron chi connectivity index (χ4n) is 3.62. The molecular weight excluding hydrogens is 387 g/mol. The van der Waals surface area contributed by atoms with E-state index in [2.05, 4.69) is 0 Å². The molecule has 3 rings (SSSR count). The summed E-state index contributed by atoms with van der Waals surface area (Å²) in [6.07, 6.45) is 0.630. The van der Waals surface area contributed by atoms with Crippen LogP contribution in [0, 0.1) is 5.82 Å². The molecule has 1 saturated heterocycles. The monoisotopic (exact) mass is 412 g/mol. The Morgan fingerprint density at radius 3 is 2.57 bits per heavy atom. The second-order valence-corrected chi connectivity index (χ2v) is 7.44. The van der Waals surface area contributed by atoms with Gasteiger partial charge in [0.1, 0.15) is 17.3 Å². The van der Waals surface area contributed by atoms with Crippen molar-refractivity contribution in [1.82, 2.24) is 9.80 Å². The number of benzene rings is 2. The fourth-order valence-corrected chi connectivity index (χ4v) is 3.62. The van der Waals surface area contributed by atoms with E-state index >= 15 is 0 Å². The molecule has 6 nitrogen and oxygen atoms in total. The normalized spacial score (nSPS) is 18.3. The van der Waals surface area contributed by atoms with Gasteiger partial charge < -0.3 is 19.6 Å². The molecule has 0 aromatic heterocycles. The first-order valence-electron chi connectivity index (χ1n) is 9.66.